The number of ether oxygens (including phenoxy) is 2. The number of esters is 2. The Hall–Kier alpha value is -2.51. The predicted octanol–water partition coefficient (Wildman–Crippen LogP) is 0.163. The summed E-state index contributed by atoms with van der Waals surface area (Å²) < 4.78 is 14.0. The van der Waals surface area contributed by atoms with E-state index in [1.165, 1.54) is 19.2 Å². The Labute approximate surface area is 114 Å². The number of rotatable bonds is 6. The van der Waals surface area contributed by atoms with Crippen LogP contribution >= 0.6 is 0 Å². The molecule has 0 saturated carbocycles. The van der Waals surface area contributed by atoms with Gasteiger partial charge in [0.1, 0.15) is 6.54 Å². The summed E-state index contributed by atoms with van der Waals surface area (Å²) in [6.07, 6.45) is 0. The van der Waals surface area contributed by atoms with Crippen molar-refractivity contribution >= 4 is 17.8 Å². The van der Waals surface area contributed by atoms with E-state index in [0.717, 1.165) is 4.90 Å². The zero-order chi connectivity index (χ0) is 15.1. The van der Waals surface area contributed by atoms with Gasteiger partial charge in [0, 0.05) is 13.1 Å². The Kier molecular flexibility index (Phi) is 5.57. The summed E-state index contributed by atoms with van der Waals surface area (Å²) >= 11 is 0. The average molecular weight is 285 g/mol. The average Bonchev–Trinajstić information content (AvgIpc) is 2.82. The second-order valence-corrected chi connectivity index (χ2v) is 3.77. The van der Waals surface area contributed by atoms with Crippen LogP contribution < -0.4 is 0 Å². The molecule has 0 aromatic carbocycles. The van der Waals surface area contributed by atoms with Crippen LogP contribution in [0.5, 0.6) is 5.95 Å². The lowest BCUT2D eigenvalue weighted by Gasteiger charge is -2.15. The molecule has 1 rings (SSSR count). The molecule has 1 heterocycles. The highest BCUT2D eigenvalue weighted by Gasteiger charge is 2.18. The number of hydrogen-bond acceptors (Lipinski definition) is 7. The molecule has 0 radical (unpaired) electrons. The first-order valence-corrected chi connectivity index (χ1v) is 5.79. The summed E-state index contributed by atoms with van der Waals surface area (Å²) in [4.78, 5) is 35.2. The van der Waals surface area contributed by atoms with Crippen LogP contribution in [-0.4, -0.2) is 54.7 Å². The molecule has 0 unspecified atom stereocenters. The third kappa shape index (κ3) is 4.63. The fourth-order valence-corrected chi connectivity index (χ4v) is 1.23. The van der Waals surface area contributed by atoms with Crippen LogP contribution in [0.15, 0.2) is 16.5 Å². The lowest BCUT2D eigenvalue weighted by atomic mass is 10.4. The molecule has 0 spiro atoms. The fraction of sp³-hybridized carbons (Fsp3) is 0.417. The highest BCUT2D eigenvalue weighted by atomic mass is 16.6. The van der Waals surface area contributed by atoms with Crippen LogP contribution in [0.25, 0.3) is 0 Å². The molecule has 8 heteroatoms. The van der Waals surface area contributed by atoms with Gasteiger partial charge in [-0.15, -0.1) is 0 Å². The summed E-state index contributed by atoms with van der Waals surface area (Å²) in [5.41, 5.74) is 0. The van der Waals surface area contributed by atoms with Gasteiger partial charge in [-0.3, -0.25) is 9.59 Å². The second-order valence-electron chi connectivity index (χ2n) is 3.77. The van der Waals surface area contributed by atoms with E-state index in [1.807, 2.05) is 0 Å². The molecule has 0 saturated heterocycles. The van der Waals surface area contributed by atoms with E-state index in [1.54, 1.807) is 6.92 Å². The molecule has 1 N–H and O–H groups in total. The summed E-state index contributed by atoms with van der Waals surface area (Å²) in [6, 6.07) is 2.38. The topological polar surface area (TPSA) is 106 Å². The highest BCUT2D eigenvalue weighted by molar-refractivity contribution is 5.89. The van der Waals surface area contributed by atoms with Crippen LogP contribution in [0.4, 0.5) is 0 Å². The number of nitrogens with zero attached hydrogens (tertiary/aromatic N) is 1. The van der Waals surface area contributed by atoms with Crippen LogP contribution in [0.1, 0.15) is 17.5 Å². The summed E-state index contributed by atoms with van der Waals surface area (Å²) in [7, 11) is 1.38. The van der Waals surface area contributed by atoms with Crippen LogP contribution in [0.2, 0.25) is 0 Å². The summed E-state index contributed by atoms with van der Waals surface area (Å²) in [5, 5.41) is 8.92. The molecule has 0 fully saturated rings. The zero-order valence-electron chi connectivity index (χ0n) is 11.1. The molecule has 0 atom stereocenters. The first-order chi connectivity index (χ1) is 9.43. The number of aromatic hydroxyl groups is 1. The molecule has 1 aromatic heterocycles. The normalized spacial score (nSPS) is 9.90. The lowest BCUT2D eigenvalue weighted by molar-refractivity contribution is -0.148. The minimum Gasteiger partial charge on any atom is -0.481 e. The van der Waals surface area contributed by atoms with Gasteiger partial charge in [0.2, 0.25) is 5.76 Å². The molecule has 0 bridgehead atoms. The maximum atomic E-state index is 11.6. The van der Waals surface area contributed by atoms with E-state index < -0.39 is 30.4 Å². The molecular weight excluding hydrogens is 270 g/mol. The van der Waals surface area contributed by atoms with Gasteiger partial charge in [-0.25, -0.2) is 4.79 Å². The Morgan fingerprint density at radius 1 is 1.30 bits per heavy atom. The molecule has 110 valence electrons. The maximum absolute atomic E-state index is 11.6. The van der Waals surface area contributed by atoms with E-state index in [-0.39, 0.29) is 18.9 Å². The van der Waals surface area contributed by atoms with Crippen molar-refractivity contribution in [3.63, 3.8) is 0 Å². The Morgan fingerprint density at radius 2 is 2.00 bits per heavy atom. The number of amides is 1. The molecular formula is C12H15NO7. The van der Waals surface area contributed by atoms with Crippen molar-refractivity contribution in [1.82, 2.24) is 4.90 Å². The van der Waals surface area contributed by atoms with E-state index in [4.69, 9.17) is 5.11 Å². The molecule has 0 aliphatic heterocycles. The van der Waals surface area contributed by atoms with Gasteiger partial charge >= 0.3 is 11.9 Å². The minimum atomic E-state index is -0.886. The van der Waals surface area contributed by atoms with Crippen LogP contribution in [0, 0.1) is 0 Å². The van der Waals surface area contributed by atoms with Crippen LogP contribution in [-0.2, 0) is 19.1 Å². The Balaban J connectivity index is 2.39. The predicted molar refractivity (Wildman–Crippen MR) is 64.9 cm³/mol. The van der Waals surface area contributed by atoms with Gasteiger partial charge < -0.3 is 23.9 Å². The third-order valence-electron chi connectivity index (χ3n) is 2.22. The van der Waals surface area contributed by atoms with Gasteiger partial charge in [0.05, 0.1) is 6.61 Å². The largest absolute Gasteiger partial charge is 0.481 e. The van der Waals surface area contributed by atoms with Gasteiger partial charge in [0.25, 0.3) is 11.9 Å². The second kappa shape index (κ2) is 7.17. The first kappa shape index (κ1) is 15.5. The fourth-order valence-electron chi connectivity index (χ4n) is 1.23. The molecule has 0 aliphatic rings. The van der Waals surface area contributed by atoms with Crippen molar-refractivity contribution in [3.8, 4) is 5.95 Å². The molecule has 1 amide bonds. The summed E-state index contributed by atoms with van der Waals surface area (Å²) in [6.45, 7) is 1.10. The highest BCUT2D eigenvalue weighted by Crippen LogP contribution is 2.14. The van der Waals surface area contributed by atoms with Crippen molar-refractivity contribution in [2.75, 3.05) is 26.8 Å². The number of carbonyl (C=O) groups excluding carboxylic acids is 3. The van der Waals surface area contributed by atoms with Gasteiger partial charge in [-0.05, 0) is 13.0 Å². The minimum absolute atomic E-state index is 0.219. The SMILES string of the molecule is CCOC(=O)CN(C)C(=O)COC(=O)c1ccc(O)o1. The zero-order valence-corrected chi connectivity index (χ0v) is 11.1. The Morgan fingerprint density at radius 3 is 2.55 bits per heavy atom. The van der Waals surface area contributed by atoms with E-state index >= 15 is 0 Å². The van der Waals surface area contributed by atoms with Crippen molar-refractivity contribution in [2.24, 2.45) is 0 Å². The van der Waals surface area contributed by atoms with E-state index in [0.29, 0.717) is 0 Å². The van der Waals surface area contributed by atoms with E-state index in [9.17, 15) is 14.4 Å². The van der Waals surface area contributed by atoms with Gasteiger partial charge in [-0.1, -0.05) is 0 Å². The Bertz CT molecular complexity index is 494. The standard InChI is InChI=1S/C12H15NO7/c1-3-18-11(16)6-13(2)9(14)7-19-12(17)8-4-5-10(15)20-8/h4-5,15H,3,6-7H2,1-2H3. The number of hydrogen-bond donors (Lipinski definition) is 1. The number of likely N-dealkylation sites (N-methyl/N-ethyl adjacent to an activating group) is 1. The van der Waals surface area contributed by atoms with Gasteiger partial charge in [-0.2, -0.15) is 0 Å². The molecule has 20 heavy (non-hydrogen) atoms. The summed E-state index contributed by atoms with van der Waals surface area (Å²) in [5.74, 6) is -2.65. The van der Waals surface area contributed by atoms with Crippen molar-refractivity contribution in [1.29, 1.82) is 0 Å². The van der Waals surface area contributed by atoms with E-state index in [2.05, 4.69) is 13.9 Å². The van der Waals surface area contributed by atoms with Crippen LogP contribution in [0.3, 0.4) is 0 Å². The lowest BCUT2D eigenvalue weighted by Crippen LogP contribution is -2.36. The number of furan rings is 1. The quantitative estimate of drug-likeness (QED) is 0.742. The van der Waals surface area contributed by atoms with Crippen molar-refractivity contribution in [2.45, 2.75) is 6.92 Å². The first-order valence-electron chi connectivity index (χ1n) is 5.79. The third-order valence-corrected chi connectivity index (χ3v) is 2.22. The maximum Gasteiger partial charge on any atom is 0.374 e. The van der Waals surface area contributed by atoms with Crippen molar-refractivity contribution in [3.05, 3.63) is 17.9 Å². The monoisotopic (exact) mass is 285 g/mol. The molecule has 8 nitrogen and oxygen atoms in total. The smallest absolute Gasteiger partial charge is 0.374 e. The van der Waals surface area contributed by atoms with Gasteiger partial charge in [0.15, 0.2) is 6.61 Å². The van der Waals surface area contributed by atoms with Crippen molar-refractivity contribution < 1.29 is 33.4 Å². The molecule has 1 aromatic rings. The molecule has 0 aliphatic carbocycles. The number of carbonyl (C=O) groups is 3.